The summed E-state index contributed by atoms with van der Waals surface area (Å²) in [5.41, 5.74) is 1.95. The fourth-order valence-corrected chi connectivity index (χ4v) is 3.37. The van der Waals surface area contributed by atoms with Crippen molar-refractivity contribution in [3.05, 3.63) is 59.7 Å². The molecular formula is C20H18N2O3S. The SMILES string of the molecule is CSc1cccc(N2C[C@H](C(=O)OCc3ccccc3C#N)CC2=O)c1. The molecule has 26 heavy (non-hydrogen) atoms. The molecule has 2 aromatic rings. The molecule has 1 aliphatic rings. The highest BCUT2D eigenvalue weighted by atomic mass is 32.2. The van der Waals surface area contributed by atoms with Crippen molar-refractivity contribution >= 4 is 29.3 Å². The van der Waals surface area contributed by atoms with Gasteiger partial charge >= 0.3 is 5.97 Å². The number of esters is 1. The van der Waals surface area contributed by atoms with Gasteiger partial charge in [0.1, 0.15) is 6.61 Å². The first kappa shape index (κ1) is 18.0. The quantitative estimate of drug-likeness (QED) is 0.599. The summed E-state index contributed by atoms with van der Waals surface area (Å²) < 4.78 is 5.36. The summed E-state index contributed by atoms with van der Waals surface area (Å²) in [6.45, 7) is 0.352. The summed E-state index contributed by atoms with van der Waals surface area (Å²) in [6, 6.07) is 16.8. The van der Waals surface area contributed by atoms with Gasteiger partial charge in [-0.2, -0.15) is 5.26 Å². The molecule has 1 aliphatic heterocycles. The van der Waals surface area contributed by atoms with E-state index in [2.05, 4.69) is 6.07 Å². The lowest BCUT2D eigenvalue weighted by Crippen LogP contribution is -2.26. The van der Waals surface area contributed by atoms with E-state index in [1.165, 1.54) is 0 Å². The number of rotatable bonds is 5. The molecule has 0 spiro atoms. The average molecular weight is 366 g/mol. The van der Waals surface area contributed by atoms with E-state index in [9.17, 15) is 9.59 Å². The zero-order valence-electron chi connectivity index (χ0n) is 14.3. The molecule has 2 aromatic carbocycles. The molecule has 132 valence electrons. The summed E-state index contributed by atoms with van der Waals surface area (Å²) in [5, 5.41) is 9.09. The number of carbonyl (C=O) groups excluding carboxylic acids is 2. The van der Waals surface area contributed by atoms with Crippen LogP contribution in [-0.2, 0) is 20.9 Å². The van der Waals surface area contributed by atoms with E-state index >= 15 is 0 Å². The first-order chi connectivity index (χ1) is 12.6. The van der Waals surface area contributed by atoms with E-state index in [4.69, 9.17) is 10.00 Å². The number of hydrogen-bond donors (Lipinski definition) is 0. The van der Waals surface area contributed by atoms with Crippen LogP contribution in [0, 0.1) is 17.2 Å². The van der Waals surface area contributed by atoms with Crippen LogP contribution in [0.5, 0.6) is 0 Å². The minimum atomic E-state index is -0.491. The summed E-state index contributed by atoms with van der Waals surface area (Å²) in [5.74, 6) is -0.980. The highest BCUT2D eigenvalue weighted by molar-refractivity contribution is 7.98. The van der Waals surface area contributed by atoms with Crippen molar-refractivity contribution in [1.82, 2.24) is 0 Å². The van der Waals surface area contributed by atoms with Crippen LogP contribution in [0.3, 0.4) is 0 Å². The standard InChI is InChI=1S/C20H18N2O3S/c1-26-18-8-4-7-17(10-18)22-12-16(9-19(22)23)20(24)25-13-15-6-3-2-5-14(15)11-21/h2-8,10,16H,9,12-13H2,1H3/t16-/m1/s1. The van der Waals surface area contributed by atoms with Crippen molar-refractivity contribution in [1.29, 1.82) is 5.26 Å². The van der Waals surface area contributed by atoms with Crippen molar-refractivity contribution in [2.45, 2.75) is 17.9 Å². The lowest BCUT2D eigenvalue weighted by atomic mass is 10.1. The molecular weight excluding hydrogens is 348 g/mol. The van der Waals surface area contributed by atoms with E-state index in [-0.39, 0.29) is 18.9 Å². The second kappa shape index (κ2) is 8.07. The number of thioether (sulfide) groups is 1. The molecule has 0 bridgehead atoms. The van der Waals surface area contributed by atoms with Gasteiger partial charge in [0, 0.05) is 29.1 Å². The number of anilines is 1. The van der Waals surface area contributed by atoms with Crippen LogP contribution < -0.4 is 4.90 Å². The van der Waals surface area contributed by atoms with Crippen LogP contribution in [0.1, 0.15) is 17.5 Å². The van der Waals surface area contributed by atoms with Gasteiger partial charge in [-0.3, -0.25) is 9.59 Å². The van der Waals surface area contributed by atoms with Crippen LogP contribution in [0.25, 0.3) is 0 Å². The lowest BCUT2D eigenvalue weighted by Gasteiger charge is -2.17. The number of nitrogens with zero attached hydrogens (tertiary/aromatic N) is 2. The van der Waals surface area contributed by atoms with Crippen LogP contribution in [-0.4, -0.2) is 24.7 Å². The van der Waals surface area contributed by atoms with Crippen LogP contribution in [0.15, 0.2) is 53.4 Å². The molecule has 3 rings (SSSR count). The Hall–Kier alpha value is -2.78. The lowest BCUT2D eigenvalue weighted by molar-refractivity contribution is -0.149. The molecule has 0 N–H and O–H groups in total. The van der Waals surface area contributed by atoms with Gasteiger partial charge in [0.2, 0.25) is 5.91 Å². The van der Waals surface area contributed by atoms with Gasteiger partial charge in [-0.15, -0.1) is 11.8 Å². The van der Waals surface area contributed by atoms with Gasteiger partial charge in [0.05, 0.1) is 17.6 Å². The zero-order chi connectivity index (χ0) is 18.5. The molecule has 1 heterocycles. The topological polar surface area (TPSA) is 70.4 Å². The van der Waals surface area contributed by atoms with Gasteiger partial charge < -0.3 is 9.64 Å². The summed E-state index contributed by atoms with van der Waals surface area (Å²) in [4.78, 5) is 27.4. The predicted molar refractivity (Wildman–Crippen MR) is 99.6 cm³/mol. The number of amides is 1. The third-order valence-corrected chi connectivity index (χ3v) is 5.06. The van der Waals surface area contributed by atoms with Crippen LogP contribution >= 0.6 is 11.8 Å². The minimum absolute atomic E-state index is 0.0369. The van der Waals surface area contributed by atoms with Crippen molar-refractivity contribution < 1.29 is 14.3 Å². The second-order valence-electron chi connectivity index (χ2n) is 5.98. The predicted octanol–water partition coefficient (Wildman–Crippen LogP) is 3.38. The Morgan fingerprint density at radius 1 is 1.31 bits per heavy atom. The van der Waals surface area contributed by atoms with Gasteiger partial charge in [0.25, 0.3) is 0 Å². The molecule has 0 radical (unpaired) electrons. The van der Waals surface area contributed by atoms with Crippen molar-refractivity contribution in [3.63, 3.8) is 0 Å². The largest absolute Gasteiger partial charge is 0.460 e. The molecule has 0 unspecified atom stereocenters. The minimum Gasteiger partial charge on any atom is -0.460 e. The van der Waals surface area contributed by atoms with Gasteiger partial charge in [0.15, 0.2) is 0 Å². The monoisotopic (exact) mass is 366 g/mol. The molecule has 1 atom stereocenters. The maximum atomic E-state index is 12.4. The maximum Gasteiger partial charge on any atom is 0.311 e. The Morgan fingerprint density at radius 2 is 2.12 bits per heavy atom. The van der Waals surface area contributed by atoms with Gasteiger partial charge in [-0.05, 0) is 30.5 Å². The Labute approximate surface area is 156 Å². The maximum absolute atomic E-state index is 12.4. The molecule has 0 aromatic heterocycles. The average Bonchev–Trinajstić information content (AvgIpc) is 3.08. The molecule has 6 heteroatoms. The zero-order valence-corrected chi connectivity index (χ0v) is 15.2. The van der Waals surface area contributed by atoms with Crippen molar-refractivity contribution in [2.75, 3.05) is 17.7 Å². The fraction of sp³-hybridized carbons (Fsp3) is 0.250. The number of hydrogen-bond acceptors (Lipinski definition) is 5. The van der Waals surface area contributed by atoms with E-state index in [1.807, 2.05) is 30.5 Å². The van der Waals surface area contributed by atoms with E-state index in [0.29, 0.717) is 17.7 Å². The third-order valence-electron chi connectivity index (χ3n) is 4.33. The summed E-state index contributed by atoms with van der Waals surface area (Å²) >= 11 is 1.60. The smallest absolute Gasteiger partial charge is 0.311 e. The fourth-order valence-electron chi connectivity index (χ4n) is 2.92. The Kier molecular flexibility index (Phi) is 5.59. The van der Waals surface area contributed by atoms with E-state index in [0.717, 1.165) is 10.6 Å². The van der Waals surface area contributed by atoms with Gasteiger partial charge in [-0.25, -0.2) is 0 Å². The summed E-state index contributed by atoms with van der Waals surface area (Å²) in [6.07, 6.45) is 2.12. The van der Waals surface area contributed by atoms with E-state index in [1.54, 1.807) is 40.9 Å². The Bertz CT molecular complexity index is 875. The first-order valence-corrected chi connectivity index (χ1v) is 9.44. The Balaban J connectivity index is 1.64. The van der Waals surface area contributed by atoms with E-state index < -0.39 is 11.9 Å². The number of benzene rings is 2. The molecule has 1 saturated heterocycles. The normalized spacial score (nSPS) is 16.4. The molecule has 0 saturated carbocycles. The second-order valence-corrected chi connectivity index (χ2v) is 6.86. The first-order valence-electron chi connectivity index (χ1n) is 8.21. The number of ether oxygens (including phenoxy) is 1. The molecule has 1 amide bonds. The Morgan fingerprint density at radius 3 is 2.88 bits per heavy atom. The third kappa shape index (κ3) is 3.89. The van der Waals surface area contributed by atoms with Crippen molar-refractivity contribution in [3.8, 4) is 6.07 Å². The van der Waals surface area contributed by atoms with Crippen molar-refractivity contribution in [2.24, 2.45) is 5.92 Å². The molecule has 5 nitrogen and oxygen atoms in total. The van der Waals surface area contributed by atoms with Crippen LogP contribution in [0.4, 0.5) is 5.69 Å². The van der Waals surface area contributed by atoms with Gasteiger partial charge in [-0.1, -0.05) is 24.3 Å². The molecule has 0 aliphatic carbocycles. The highest BCUT2D eigenvalue weighted by Gasteiger charge is 2.36. The summed E-state index contributed by atoms with van der Waals surface area (Å²) in [7, 11) is 0. The number of nitriles is 1. The van der Waals surface area contributed by atoms with Crippen LogP contribution in [0.2, 0.25) is 0 Å². The highest BCUT2D eigenvalue weighted by Crippen LogP contribution is 2.29. The number of carbonyl (C=O) groups is 2. The molecule has 1 fully saturated rings.